The van der Waals surface area contributed by atoms with Crippen LogP contribution >= 0.6 is 11.6 Å². The lowest BCUT2D eigenvalue weighted by atomic mass is 9.78. The zero-order chi connectivity index (χ0) is 20.8. The number of ether oxygens (including phenoxy) is 3. The first-order chi connectivity index (χ1) is 13.2. The lowest BCUT2D eigenvalue weighted by Crippen LogP contribution is -2.48. The summed E-state index contributed by atoms with van der Waals surface area (Å²) in [6.07, 6.45) is 4.38. The minimum Gasteiger partial charge on any atom is -0.492 e. The van der Waals surface area contributed by atoms with E-state index in [1.165, 1.54) is 0 Å². The van der Waals surface area contributed by atoms with Crippen molar-refractivity contribution in [1.29, 1.82) is 0 Å². The normalized spacial score (nSPS) is 22.7. The fraction of sp³-hybridized carbons (Fsp3) is 0.682. The summed E-state index contributed by atoms with van der Waals surface area (Å²) in [4.78, 5) is 13.0. The van der Waals surface area contributed by atoms with E-state index in [-0.39, 0.29) is 11.5 Å². The zero-order valence-electron chi connectivity index (χ0n) is 17.8. The van der Waals surface area contributed by atoms with Crippen LogP contribution < -0.4 is 10.1 Å². The molecule has 0 aromatic heterocycles. The van der Waals surface area contributed by atoms with Crippen LogP contribution in [-0.2, 0) is 14.3 Å². The van der Waals surface area contributed by atoms with E-state index in [1.54, 1.807) is 19.2 Å². The summed E-state index contributed by atoms with van der Waals surface area (Å²) in [5, 5.41) is 3.46. The fourth-order valence-electron chi connectivity index (χ4n) is 3.63. The minimum atomic E-state index is -0.750. The summed E-state index contributed by atoms with van der Waals surface area (Å²) in [6, 6.07) is 5.32. The first-order valence-corrected chi connectivity index (χ1v) is 10.5. The van der Waals surface area contributed by atoms with Gasteiger partial charge >= 0.3 is 0 Å². The first-order valence-electron chi connectivity index (χ1n) is 10.1. The number of halogens is 1. The zero-order valence-corrected chi connectivity index (χ0v) is 18.5. The van der Waals surface area contributed by atoms with Crippen molar-refractivity contribution >= 4 is 23.2 Å². The van der Waals surface area contributed by atoms with Crippen molar-refractivity contribution in [3.63, 3.8) is 0 Å². The molecule has 1 aliphatic rings. The molecule has 1 aromatic rings. The second-order valence-corrected chi connectivity index (χ2v) is 8.70. The highest BCUT2D eigenvalue weighted by molar-refractivity contribution is 6.32. The number of anilines is 1. The van der Waals surface area contributed by atoms with Gasteiger partial charge in [0, 0.05) is 25.8 Å². The number of rotatable bonds is 9. The number of methoxy groups -OCH3 is 1. The van der Waals surface area contributed by atoms with Crippen molar-refractivity contribution in [1.82, 2.24) is 0 Å². The molecule has 2 unspecified atom stereocenters. The van der Waals surface area contributed by atoms with Crippen molar-refractivity contribution in [3.8, 4) is 5.75 Å². The molecule has 2 rings (SSSR count). The highest BCUT2D eigenvalue weighted by atomic mass is 35.5. The summed E-state index contributed by atoms with van der Waals surface area (Å²) >= 11 is 6.36. The van der Waals surface area contributed by atoms with E-state index in [0.717, 1.165) is 32.1 Å². The molecule has 0 aliphatic heterocycles. The topological polar surface area (TPSA) is 56.8 Å². The van der Waals surface area contributed by atoms with Crippen molar-refractivity contribution in [2.45, 2.75) is 71.0 Å². The summed E-state index contributed by atoms with van der Waals surface area (Å²) in [5.74, 6) is 0.978. The molecule has 1 fully saturated rings. The third-order valence-electron chi connectivity index (χ3n) is 5.49. The Balaban J connectivity index is 2.01. The van der Waals surface area contributed by atoms with E-state index >= 15 is 0 Å². The first kappa shape index (κ1) is 23.0. The maximum atomic E-state index is 13.0. The molecule has 2 atom stereocenters. The van der Waals surface area contributed by atoms with Crippen LogP contribution in [0, 0.1) is 5.92 Å². The Morgan fingerprint density at radius 1 is 1.39 bits per heavy atom. The van der Waals surface area contributed by atoms with Gasteiger partial charge in [0.05, 0.1) is 17.2 Å². The van der Waals surface area contributed by atoms with Crippen LogP contribution in [0.1, 0.15) is 59.8 Å². The Bertz CT molecular complexity index is 660. The fourth-order valence-corrected chi connectivity index (χ4v) is 3.87. The Kier molecular flexibility index (Phi) is 8.17. The third kappa shape index (κ3) is 6.10. The average molecular weight is 412 g/mol. The van der Waals surface area contributed by atoms with Crippen LogP contribution in [0.3, 0.4) is 0 Å². The summed E-state index contributed by atoms with van der Waals surface area (Å²) in [6.45, 7) is 9.15. The maximum Gasteiger partial charge on any atom is 0.256 e. The molecule has 158 valence electrons. The Hall–Kier alpha value is -1.30. The molecule has 0 spiro atoms. The summed E-state index contributed by atoms with van der Waals surface area (Å²) in [7, 11) is 1.69. The molecule has 0 bridgehead atoms. The number of hydrogen-bond acceptors (Lipinski definition) is 4. The van der Waals surface area contributed by atoms with Crippen LogP contribution in [0.15, 0.2) is 18.2 Å². The van der Waals surface area contributed by atoms with Crippen LogP contribution in [0.25, 0.3) is 0 Å². The average Bonchev–Trinajstić information content (AvgIpc) is 2.63. The standard InChI is InChI=1S/C22H34ClNO4/c1-6-28-22(11-7-8-16(2)15-22)20(25)24-17-9-10-19(18(23)14-17)27-13-12-21(3,4)26-5/h9-10,14,16H,6-8,11-13,15H2,1-5H3,(H,24,25). The molecule has 0 radical (unpaired) electrons. The van der Waals surface area contributed by atoms with Crippen molar-refractivity contribution in [2.75, 3.05) is 25.6 Å². The molecule has 0 heterocycles. The molecule has 1 saturated carbocycles. The lowest BCUT2D eigenvalue weighted by Gasteiger charge is -2.38. The Labute approximate surface area is 174 Å². The number of carbonyl (C=O) groups excluding carboxylic acids is 1. The molecular formula is C22H34ClNO4. The van der Waals surface area contributed by atoms with Gasteiger partial charge in [0.15, 0.2) is 0 Å². The van der Waals surface area contributed by atoms with Crippen molar-refractivity contribution in [2.24, 2.45) is 5.92 Å². The van der Waals surface area contributed by atoms with Crippen molar-refractivity contribution < 1.29 is 19.0 Å². The highest BCUT2D eigenvalue weighted by Crippen LogP contribution is 2.37. The third-order valence-corrected chi connectivity index (χ3v) is 5.79. The van der Waals surface area contributed by atoms with Crippen LogP contribution in [-0.4, -0.2) is 37.4 Å². The molecule has 1 aliphatic carbocycles. The molecule has 28 heavy (non-hydrogen) atoms. The molecule has 1 amide bonds. The monoisotopic (exact) mass is 411 g/mol. The second-order valence-electron chi connectivity index (χ2n) is 8.29. The van der Waals surface area contributed by atoms with Crippen LogP contribution in [0.4, 0.5) is 5.69 Å². The van der Waals surface area contributed by atoms with Gasteiger partial charge in [-0.2, -0.15) is 0 Å². The summed E-state index contributed by atoms with van der Waals surface area (Å²) < 4.78 is 17.1. The Morgan fingerprint density at radius 3 is 2.75 bits per heavy atom. The van der Waals surface area contributed by atoms with E-state index in [1.807, 2.05) is 26.8 Å². The van der Waals surface area contributed by atoms with Gasteiger partial charge in [0.25, 0.3) is 5.91 Å². The van der Waals surface area contributed by atoms with Crippen LogP contribution in [0.2, 0.25) is 5.02 Å². The van der Waals surface area contributed by atoms with E-state index in [0.29, 0.717) is 35.6 Å². The van der Waals surface area contributed by atoms with Gasteiger partial charge in [-0.25, -0.2) is 0 Å². The SMILES string of the molecule is CCOC1(C(=O)Nc2ccc(OCCC(C)(C)OC)c(Cl)c2)CCCC(C)C1. The smallest absolute Gasteiger partial charge is 0.256 e. The Morgan fingerprint density at radius 2 is 2.14 bits per heavy atom. The van der Waals surface area contributed by atoms with Gasteiger partial charge in [-0.05, 0) is 64.2 Å². The van der Waals surface area contributed by atoms with Gasteiger partial charge in [-0.1, -0.05) is 24.9 Å². The van der Waals surface area contributed by atoms with Gasteiger partial charge in [0.1, 0.15) is 11.4 Å². The highest BCUT2D eigenvalue weighted by Gasteiger charge is 2.42. The number of benzene rings is 1. The van der Waals surface area contributed by atoms with Crippen molar-refractivity contribution in [3.05, 3.63) is 23.2 Å². The van der Waals surface area contributed by atoms with Gasteiger partial charge in [0.2, 0.25) is 0 Å². The molecule has 1 aromatic carbocycles. The number of nitrogens with one attached hydrogen (secondary N) is 1. The van der Waals surface area contributed by atoms with E-state index < -0.39 is 5.60 Å². The van der Waals surface area contributed by atoms with Gasteiger partial charge in [-0.3, -0.25) is 4.79 Å². The molecule has 1 N–H and O–H groups in total. The predicted molar refractivity (Wildman–Crippen MR) is 113 cm³/mol. The quantitative estimate of drug-likeness (QED) is 0.586. The number of amides is 1. The molecular weight excluding hydrogens is 378 g/mol. The molecule has 5 nitrogen and oxygen atoms in total. The maximum absolute atomic E-state index is 13.0. The second kappa shape index (κ2) is 9.95. The summed E-state index contributed by atoms with van der Waals surface area (Å²) in [5.41, 5.74) is -0.345. The van der Waals surface area contributed by atoms with Crippen LogP contribution in [0.5, 0.6) is 5.75 Å². The lowest BCUT2D eigenvalue weighted by molar-refractivity contribution is -0.147. The van der Waals surface area contributed by atoms with Gasteiger partial charge in [-0.15, -0.1) is 0 Å². The van der Waals surface area contributed by atoms with E-state index in [9.17, 15) is 4.79 Å². The number of carbonyl (C=O) groups is 1. The van der Waals surface area contributed by atoms with Gasteiger partial charge < -0.3 is 19.5 Å². The minimum absolute atomic E-state index is 0.0903. The largest absolute Gasteiger partial charge is 0.492 e. The predicted octanol–water partition coefficient (Wildman–Crippen LogP) is 5.46. The van der Waals surface area contributed by atoms with E-state index in [4.69, 9.17) is 25.8 Å². The molecule has 0 saturated heterocycles. The number of hydrogen-bond donors (Lipinski definition) is 1. The van der Waals surface area contributed by atoms with E-state index in [2.05, 4.69) is 12.2 Å². The molecule has 6 heteroatoms.